The van der Waals surface area contributed by atoms with E-state index in [1.165, 1.54) is 4.90 Å². The highest BCUT2D eigenvalue weighted by atomic mass is 16.5. The van der Waals surface area contributed by atoms with Crippen molar-refractivity contribution in [1.29, 1.82) is 0 Å². The summed E-state index contributed by atoms with van der Waals surface area (Å²) in [6, 6.07) is 14.5. The van der Waals surface area contributed by atoms with E-state index in [-0.39, 0.29) is 23.4 Å². The average molecular weight is 394 g/mol. The molecule has 0 saturated heterocycles. The van der Waals surface area contributed by atoms with Gasteiger partial charge in [0.05, 0.1) is 19.3 Å². The standard InChI is InChI=1S/C23H26N2O4/c1-5-29-18-11-9-16(10-12-18)20-21(23(27)25(22(20)26)14-15(2)3)24-17-7-6-8-19(13-17)28-4/h6-13,15,24H,5,14H2,1-4H3. The number of carbonyl (C=O) groups excluding carboxylic acids is 2. The first-order valence-corrected chi connectivity index (χ1v) is 9.69. The van der Waals surface area contributed by atoms with Crippen molar-refractivity contribution in [2.24, 2.45) is 5.92 Å². The van der Waals surface area contributed by atoms with Crippen LogP contribution in [0.5, 0.6) is 11.5 Å². The van der Waals surface area contributed by atoms with Crippen LogP contribution in [0.4, 0.5) is 5.69 Å². The predicted molar refractivity (Wildman–Crippen MR) is 113 cm³/mol. The third-order valence-electron chi connectivity index (χ3n) is 4.51. The third-order valence-corrected chi connectivity index (χ3v) is 4.51. The highest BCUT2D eigenvalue weighted by Crippen LogP contribution is 2.32. The molecule has 0 spiro atoms. The van der Waals surface area contributed by atoms with Gasteiger partial charge in [0, 0.05) is 18.3 Å². The van der Waals surface area contributed by atoms with Crippen molar-refractivity contribution in [1.82, 2.24) is 4.90 Å². The van der Waals surface area contributed by atoms with Crippen LogP contribution in [-0.2, 0) is 9.59 Å². The van der Waals surface area contributed by atoms with Crippen molar-refractivity contribution in [3.05, 3.63) is 59.8 Å². The smallest absolute Gasteiger partial charge is 0.278 e. The molecule has 1 aliphatic rings. The Labute approximate surface area is 171 Å². The minimum atomic E-state index is -0.324. The molecule has 0 atom stereocenters. The van der Waals surface area contributed by atoms with Gasteiger partial charge in [-0.3, -0.25) is 14.5 Å². The van der Waals surface area contributed by atoms with Gasteiger partial charge < -0.3 is 14.8 Å². The van der Waals surface area contributed by atoms with Crippen LogP contribution in [0.2, 0.25) is 0 Å². The molecule has 0 saturated carbocycles. The van der Waals surface area contributed by atoms with Crippen molar-refractivity contribution in [3.8, 4) is 11.5 Å². The number of carbonyl (C=O) groups is 2. The molecule has 1 N–H and O–H groups in total. The molecule has 2 amide bonds. The van der Waals surface area contributed by atoms with Gasteiger partial charge in [-0.1, -0.05) is 32.0 Å². The fourth-order valence-corrected chi connectivity index (χ4v) is 3.22. The Hall–Kier alpha value is -3.28. The summed E-state index contributed by atoms with van der Waals surface area (Å²) in [6.07, 6.45) is 0. The lowest BCUT2D eigenvalue weighted by Gasteiger charge is -2.17. The lowest BCUT2D eigenvalue weighted by Crippen LogP contribution is -2.35. The lowest BCUT2D eigenvalue weighted by molar-refractivity contribution is -0.137. The third kappa shape index (κ3) is 4.42. The summed E-state index contributed by atoms with van der Waals surface area (Å²) in [7, 11) is 1.58. The monoisotopic (exact) mass is 394 g/mol. The summed E-state index contributed by atoms with van der Waals surface area (Å²) in [5.41, 5.74) is 1.98. The van der Waals surface area contributed by atoms with Crippen molar-refractivity contribution in [3.63, 3.8) is 0 Å². The molecule has 0 aliphatic carbocycles. The summed E-state index contributed by atoms with van der Waals surface area (Å²) in [5, 5.41) is 3.14. The molecule has 152 valence electrons. The van der Waals surface area contributed by atoms with Crippen LogP contribution in [0.1, 0.15) is 26.3 Å². The number of nitrogens with one attached hydrogen (secondary N) is 1. The molecule has 0 radical (unpaired) electrons. The van der Waals surface area contributed by atoms with E-state index in [0.717, 1.165) is 5.75 Å². The van der Waals surface area contributed by atoms with Crippen LogP contribution in [0.3, 0.4) is 0 Å². The second-order valence-electron chi connectivity index (χ2n) is 7.18. The molecular weight excluding hydrogens is 368 g/mol. The van der Waals surface area contributed by atoms with Crippen LogP contribution in [0.25, 0.3) is 5.57 Å². The largest absolute Gasteiger partial charge is 0.497 e. The number of hydrogen-bond acceptors (Lipinski definition) is 5. The van der Waals surface area contributed by atoms with Gasteiger partial charge in [0.2, 0.25) is 0 Å². The zero-order chi connectivity index (χ0) is 21.0. The number of imide groups is 1. The normalized spacial score (nSPS) is 14.0. The van der Waals surface area contributed by atoms with Crippen LogP contribution in [0, 0.1) is 5.92 Å². The Morgan fingerprint density at radius 3 is 2.34 bits per heavy atom. The molecule has 2 aromatic rings. The Balaban J connectivity index is 2.02. The molecule has 1 aliphatic heterocycles. The topological polar surface area (TPSA) is 67.9 Å². The first-order valence-electron chi connectivity index (χ1n) is 9.69. The Morgan fingerprint density at radius 1 is 1.00 bits per heavy atom. The molecule has 0 bridgehead atoms. The van der Waals surface area contributed by atoms with Crippen molar-refractivity contribution < 1.29 is 19.1 Å². The SMILES string of the molecule is CCOc1ccc(C2=C(Nc3cccc(OC)c3)C(=O)N(CC(C)C)C2=O)cc1. The molecule has 2 aromatic carbocycles. The van der Waals surface area contributed by atoms with Crippen molar-refractivity contribution >= 4 is 23.1 Å². The second-order valence-corrected chi connectivity index (χ2v) is 7.18. The zero-order valence-electron chi connectivity index (χ0n) is 17.2. The summed E-state index contributed by atoms with van der Waals surface area (Å²) in [4.78, 5) is 27.5. The van der Waals surface area contributed by atoms with Crippen LogP contribution in [0.15, 0.2) is 54.2 Å². The summed E-state index contributed by atoms with van der Waals surface area (Å²) >= 11 is 0. The molecule has 0 fully saturated rings. The van der Waals surface area contributed by atoms with Crippen molar-refractivity contribution in [2.75, 3.05) is 25.6 Å². The minimum absolute atomic E-state index is 0.167. The number of rotatable bonds is 8. The summed E-state index contributed by atoms with van der Waals surface area (Å²) < 4.78 is 10.7. The number of hydrogen-bond donors (Lipinski definition) is 1. The van der Waals surface area contributed by atoms with E-state index in [1.54, 1.807) is 37.4 Å². The second kappa shape index (κ2) is 8.82. The first-order chi connectivity index (χ1) is 13.9. The van der Waals surface area contributed by atoms with Crippen molar-refractivity contribution in [2.45, 2.75) is 20.8 Å². The van der Waals surface area contributed by atoms with E-state index >= 15 is 0 Å². The van der Waals surface area contributed by atoms with Crippen LogP contribution >= 0.6 is 0 Å². The number of methoxy groups -OCH3 is 1. The van der Waals surface area contributed by atoms with Gasteiger partial charge in [-0.15, -0.1) is 0 Å². The molecule has 0 aromatic heterocycles. The maximum atomic E-state index is 13.1. The molecule has 6 nitrogen and oxygen atoms in total. The Bertz CT molecular complexity index is 932. The van der Waals surface area contributed by atoms with Crippen LogP contribution < -0.4 is 14.8 Å². The number of ether oxygens (including phenoxy) is 2. The van der Waals surface area contributed by atoms with Gasteiger partial charge in [0.25, 0.3) is 11.8 Å². The molecule has 3 rings (SSSR count). The average Bonchev–Trinajstić information content (AvgIpc) is 2.93. The summed E-state index contributed by atoms with van der Waals surface area (Å²) in [5.74, 6) is 0.929. The highest BCUT2D eigenvalue weighted by Gasteiger charge is 2.39. The zero-order valence-corrected chi connectivity index (χ0v) is 17.2. The Morgan fingerprint density at radius 2 is 1.72 bits per heavy atom. The van der Waals surface area contributed by atoms with E-state index in [2.05, 4.69) is 5.32 Å². The number of anilines is 1. The van der Waals surface area contributed by atoms with Gasteiger partial charge in [0.15, 0.2) is 0 Å². The maximum Gasteiger partial charge on any atom is 0.278 e. The van der Waals surface area contributed by atoms with Crippen LogP contribution in [-0.4, -0.2) is 37.0 Å². The predicted octanol–water partition coefficient (Wildman–Crippen LogP) is 3.94. The number of nitrogens with zero attached hydrogens (tertiary/aromatic N) is 1. The fourth-order valence-electron chi connectivity index (χ4n) is 3.22. The lowest BCUT2D eigenvalue weighted by atomic mass is 10.0. The van der Waals surface area contributed by atoms with E-state index in [0.29, 0.717) is 35.7 Å². The Kier molecular flexibility index (Phi) is 6.22. The van der Waals surface area contributed by atoms with Gasteiger partial charge >= 0.3 is 0 Å². The molecular formula is C23H26N2O4. The molecule has 0 unspecified atom stereocenters. The van der Waals surface area contributed by atoms with Gasteiger partial charge in [-0.05, 0) is 42.7 Å². The molecule has 1 heterocycles. The highest BCUT2D eigenvalue weighted by molar-refractivity contribution is 6.36. The quantitative estimate of drug-likeness (QED) is 0.687. The van der Waals surface area contributed by atoms with Gasteiger partial charge in [-0.2, -0.15) is 0 Å². The van der Waals surface area contributed by atoms with E-state index in [1.807, 2.05) is 39.0 Å². The molecule has 6 heteroatoms. The summed E-state index contributed by atoms with van der Waals surface area (Å²) in [6.45, 7) is 6.79. The first kappa shape index (κ1) is 20.5. The maximum absolute atomic E-state index is 13.1. The van der Waals surface area contributed by atoms with Gasteiger partial charge in [-0.25, -0.2) is 0 Å². The molecule has 29 heavy (non-hydrogen) atoms. The van der Waals surface area contributed by atoms with Gasteiger partial charge in [0.1, 0.15) is 17.2 Å². The minimum Gasteiger partial charge on any atom is -0.497 e. The number of benzene rings is 2. The fraction of sp³-hybridized carbons (Fsp3) is 0.304. The van der Waals surface area contributed by atoms with E-state index < -0.39 is 0 Å². The van der Waals surface area contributed by atoms with E-state index in [4.69, 9.17) is 9.47 Å². The van der Waals surface area contributed by atoms with E-state index in [9.17, 15) is 9.59 Å². The number of amides is 2.